The number of nitrogens with zero attached hydrogens (tertiary/aromatic N) is 1. The van der Waals surface area contributed by atoms with Crippen LogP contribution in [-0.4, -0.2) is 54.7 Å². The minimum atomic E-state index is -0.742. The van der Waals surface area contributed by atoms with Gasteiger partial charge in [-0.1, -0.05) is 0 Å². The molecule has 0 spiro atoms. The Hall–Kier alpha value is -0.450. The van der Waals surface area contributed by atoms with Gasteiger partial charge in [-0.25, -0.2) is 0 Å². The average Bonchev–Trinajstić information content (AvgIpc) is 2.55. The molecule has 3 saturated heterocycles. The first kappa shape index (κ1) is 11.0. The number of carbonyl (C=O) groups is 1. The van der Waals surface area contributed by atoms with Crippen LogP contribution in [0.2, 0.25) is 0 Å². The molecule has 4 nitrogen and oxygen atoms in total. The molecule has 0 radical (unpaired) electrons. The summed E-state index contributed by atoms with van der Waals surface area (Å²) in [6.07, 6.45) is 2.98. The molecule has 4 heteroatoms. The number of piperidine rings is 1. The molecular formula is C11H19NO3. The Labute approximate surface area is 90.2 Å². The summed E-state index contributed by atoms with van der Waals surface area (Å²) in [6, 6.07) is 0. The summed E-state index contributed by atoms with van der Waals surface area (Å²) in [5, 5.41) is 9.55. The van der Waals surface area contributed by atoms with E-state index >= 15 is 0 Å². The summed E-state index contributed by atoms with van der Waals surface area (Å²) in [7, 11) is 1.59. The Bertz CT molecular complexity index is 252. The quantitative estimate of drug-likeness (QED) is 0.719. The topological polar surface area (TPSA) is 49.8 Å². The lowest BCUT2D eigenvalue weighted by Gasteiger charge is -2.44. The fourth-order valence-electron chi connectivity index (χ4n) is 2.95. The molecule has 3 aliphatic rings. The van der Waals surface area contributed by atoms with Crippen LogP contribution in [0.15, 0.2) is 0 Å². The Balaban J connectivity index is 2.30. The normalized spacial score (nSPS) is 40.5. The van der Waals surface area contributed by atoms with Crippen molar-refractivity contribution in [3.05, 3.63) is 0 Å². The van der Waals surface area contributed by atoms with Crippen LogP contribution in [0.3, 0.4) is 0 Å². The van der Waals surface area contributed by atoms with E-state index < -0.39 is 5.54 Å². The molecule has 3 atom stereocenters. The van der Waals surface area contributed by atoms with E-state index in [0.29, 0.717) is 6.61 Å². The van der Waals surface area contributed by atoms with Gasteiger partial charge in [0.15, 0.2) is 5.78 Å². The van der Waals surface area contributed by atoms with Crippen molar-refractivity contribution in [1.82, 2.24) is 4.90 Å². The monoisotopic (exact) mass is 213 g/mol. The predicted octanol–water partition coefficient (Wildman–Crippen LogP) is 0.0487. The molecule has 1 N–H and O–H groups in total. The number of hydrogen-bond acceptors (Lipinski definition) is 4. The number of methoxy groups -OCH3 is 1. The van der Waals surface area contributed by atoms with Gasteiger partial charge in [0, 0.05) is 13.0 Å². The first-order valence-electron chi connectivity index (χ1n) is 5.64. The molecule has 0 aromatic rings. The lowest BCUT2D eigenvalue weighted by Crippen LogP contribution is -2.64. The Morgan fingerprint density at radius 1 is 1.53 bits per heavy atom. The third kappa shape index (κ3) is 1.61. The van der Waals surface area contributed by atoms with Gasteiger partial charge in [0.25, 0.3) is 0 Å². The highest BCUT2D eigenvalue weighted by Crippen LogP contribution is 2.35. The molecule has 0 amide bonds. The molecule has 0 aromatic carbocycles. The van der Waals surface area contributed by atoms with Crippen LogP contribution in [0, 0.1) is 5.92 Å². The lowest BCUT2D eigenvalue weighted by molar-refractivity contribution is -0.147. The fraction of sp³-hybridized carbons (Fsp3) is 0.909. The largest absolute Gasteiger partial charge is 0.394 e. The Morgan fingerprint density at radius 2 is 2.33 bits per heavy atom. The molecule has 3 fully saturated rings. The summed E-state index contributed by atoms with van der Waals surface area (Å²) in [5.74, 6) is 0.335. The molecule has 3 rings (SSSR count). The zero-order valence-corrected chi connectivity index (χ0v) is 9.24. The van der Waals surface area contributed by atoms with Gasteiger partial charge in [-0.2, -0.15) is 0 Å². The van der Waals surface area contributed by atoms with E-state index in [9.17, 15) is 9.90 Å². The highest BCUT2D eigenvalue weighted by molar-refractivity contribution is 5.91. The third-order valence-corrected chi connectivity index (χ3v) is 3.81. The van der Waals surface area contributed by atoms with Crippen molar-refractivity contribution < 1.29 is 14.6 Å². The summed E-state index contributed by atoms with van der Waals surface area (Å²) in [4.78, 5) is 14.4. The molecule has 3 heterocycles. The maximum Gasteiger partial charge on any atom is 0.160 e. The SMILES string of the molecule is COC[C@@]1(CO)C(=O)[C@@H]2CCCN1CC2. The molecule has 86 valence electrons. The van der Waals surface area contributed by atoms with Crippen LogP contribution in [-0.2, 0) is 9.53 Å². The van der Waals surface area contributed by atoms with Crippen molar-refractivity contribution in [2.75, 3.05) is 33.4 Å². The Morgan fingerprint density at radius 3 is 3.00 bits per heavy atom. The van der Waals surface area contributed by atoms with E-state index in [1.165, 1.54) is 0 Å². The van der Waals surface area contributed by atoms with Crippen LogP contribution < -0.4 is 0 Å². The number of Topliss-reactive ketones (excluding diaryl/α,β-unsaturated/α-hetero) is 1. The smallest absolute Gasteiger partial charge is 0.160 e. The molecular weight excluding hydrogens is 194 g/mol. The van der Waals surface area contributed by atoms with Gasteiger partial charge in [-0.15, -0.1) is 0 Å². The van der Waals surface area contributed by atoms with Crippen LogP contribution in [0.4, 0.5) is 0 Å². The van der Waals surface area contributed by atoms with Gasteiger partial charge in [0.05, 0.1) is 13.2 Å². The lowest BCUT2D eigenvalue weighted by atomic mass is 9.80. The number of aliphatic hydroxyl groups excluding tert-OH is 1. The van der Waals surface area contributed by atoms with Crippen molar-refractivity contribution in [2.24, 2.45) is 5.92 Å². The summed E-state index contributed by atoms with van der Waals surface area (Å²) in [5.41, 5.74) is -0.742. The number of aliphatic hydroxyl groups is 1. The first-order chi connectivity index (χ1) is 7.24. The van der Waals surface area contributed by atoms with Gasteiger partial charge in [0.1, 0.15) is 5.54 Å². The van der Waals surface area contributed by atoms with Crippen LogP contribution in [0.5, 0.6) is 0 Å². The minimum Gasteiger partial charge on any atom is -0.394 e. The maximum absolute atomic E-state index is 12.3. The number of fused-ring (bicyclic) bond motifs is 4. The van der Waals surface area contributed by atoms with Gasteiger partial charge in [-0.3, -0.25) is 9.69 Å². The fourth-order valence-corrected chi connectivity index (χ4v) is 2.95. The van der Waals surface area contributed by atoms with E-state index in [1.54, 1.807) is 7.11 Å². The van der Waals surface area contributed by atoms with Crippen molar-refractivity contribution in [3.63, 3.8) is 0 Å². The molecule has 2 bridgehead atoms. The number of ketones is 1. The van der Waals surface area contributed by atoms with Gasteiger partial charge in [0.2, 0.25) is 0 Å². The second-order valence-corrected chi connectivity index (χ2v) is 4.60. The molecule has 0 aliphatic carbocycles. The van der Waals surface area contributed by atoms with Crippen LogP contribution >= 0.6 is 0 Å². The second kappa shape index (κ2) is 4.20. The van der Waals surface area contributed by atoms with E-state index in [2.05, 4.69) is 4.90 Å². The number of carbonyl (C=O) groups excluding carboxylic acids is 1. The number of ether oxygens (including phenoxy) is 1. The molecule has 0 saturated carbocycles. The highest BCUT2D eigenvalue weighted by Gasteiger charge is 2.50. The summed E-state index contributed by atoms with van der Waals surface area (Å²) in [6.45, 7) is 2.03. The highest BCUT2D eigenvalue weighted by atomic mass is 16.5. The van der Waals surface area contributed by atoms with E-state index in [4.69, 9.17) is 4.74 Å². The third-order valence-electron chi connectivity index (χ3n) is 3.81. The molecule has 15 heavy (non-hydrogen) atoms. The predicted molar refractivity (Wildman–Crippen MR) is 55.6 cm³/mol. The average molecular weight is 213 g/mol. The van der Waals surface area contributed by atoms with E-state index in [1.807, 2.05) is 0 Å². The standard InChI is InChI=1S/C11H19NO3/c1-15-8-11(7-13)10(14)9-3-2-5-12(11)6-4-9/h9,13H,2-8H2,1H3/t9-,11+/m1/s1. The van der Waals surface area contributed by atoms with Crippen LogP contribution in [0.1, 0.15) is 19.3 Å². The zero-order chi connectivity index (χ0) is 10.9. The number of hydrogen-bond donors (Lipinski definition) is 1. The molecule has 1 unspecified atom stereocenters. The van der Waals surface area contributed by atoms with Crippen LogP contribution in [0.25, 0.3) is 0 Å². The van der Waals surface area contributed by atoms with Gasteiger partial charge >= 0.3 is 0 Å². The first-order valence-corrected chi connectivity index (χ1v) is 5.64. The summed E-state index contributed by atoms with van der Waals surface area (Å²) >= 11 is 0. The molecule has 0 aromatic heterocycles. The zero-order valence-electron chi connectivity index (χ0n) is 9.24. The van der Waals surface area contributed by atoms with Crippen molar-refractivity contribution in [3.8, 4) is 0 Å². The van der Waals surface area contributed by atoms with Gasteiger partial charge in [-0.05, 0) is 32.4 Å². The summed E-state index contributed by atoms with van der Waals surface area (Å²) < 4.78 is 5.13. The Kier molecular flexibility index (Phi) is 3.09. The van der Waals surface area contributed by atoms with Gasteiger partial charge < -0.3 is 9.84 Å². The second-order valence-electron chi connectivity index (χ2n) is 4.60. The maximum atomic E-state index is 12.3. The van der Waals surface area contributed by atoms with E-state index in [-0.39, 0.29) is 18.3 Å². The van der Waals surface area contributed by atoms with E-state index in [0.717, 1.165) is 32.4 Å². The van der Waals surface area contributed by atoms with Crippen molar-refractivity contribution >= 4 is 5.78 Å². The number of rotatable bonds is 3. The van der Waals surface area contributed by atoms with Crippen molar-refractivity contribution in [1.29, 1.82) is 0 Å². The van der Waals surface area contributed by atoms with Crippen molar-refractivity contribution in [2.45, 2.75) is 24.8 Å². The molecule has 3 aliphatic heterocycles. The minimum absolute atomic E-state index is 0.115.